The molecule has 0 atom stereocenters. The first kappa shape index (κ1) is 19.5. The highest BCUT2D eigenvalue weighted by molar-refractivity contribution is 6.03. The molecule has 0 heterocycles. The minimum atomic E-state index is -0.266. The number of hydrogen-bond donors (Lipinski definition) is 3. The standard InChI is InChI=1S/C20H25N3O3/c1-14-11-15(2)13-16(12-14)26-10-7-19(24)23-18-6-4-3-5-17(18)20(25)22-9-8-21/h3-6,11-13H,7-10,21H2,1-2H3,(H,22,25)(H,23,24). The van der Waals surface area contributed by atoms with E-state index in [2.05, 4.69) is 16.7 Å². The fraction of sp³-hybridized carbons (Fsp3) is 0.300. The minimum Gasteiger partial charge on any atom is -0.493 e. The Morgan fingerprint density at radius 1 is 1.08 bits per heavy atom. The lowest BCUT2D eigenvalue weighted by atomic mass is 10.1. The monoisotopic (exact) mass is 355 g/mol. The molecule has 6 heteroatoms. The van der Waals surface area contributed by atoms with E-state index in [4.69, 9.17) is 10.5 Å². The fourth-order valence-corrected chi connectivity index (χ4v) is 2.56. The molecule has 0 aliphatic heterocycles. The largest absolute Gasteiger partial charge is 0.493 e. The third-order valence-electron chi connectivity index (χ3n) is 3.67. The summed E-state index contributed by atoms with van der Waals surface area (Å²) in [6.07, 6.45) is 0.186. The lowest BCUT2D eigenvalue weighted by Crippen LogP contribution is -2.30. The van der Waals surface area contributed by atoms with Gasteiger partial charge in [-0.1, -0.05) is 18.2 Å². The number of carbonyl (C=O) groups is 2. The fourth-order valence-electron chi connectivity index (χ4n) is 2.56. The number of nitrogens with two attached hydrogens (primary N) is 1. The van der Waals surface area contributed by atoms with E-state index >= 15 is 0 Å². The minimum absolute atomic E-state index is 0.186. The van der Waals surface area contributed by atoms with Gasteiger partial charge in [0.2, 0.25) is 5.91 Å². The van der Waals surface area contributed by atoms with Gasteiger partial charge in [0.15, 0.2) is 0 Å². The van der Waals surface area contributed by atoms with Gasteiger partial charge in [-0.15, -0.1) is 0 Å². The average molecular weight is 355 g/mol. The van der Waals surface area contributed by atoms with Crippen LogP contribution in [0.4, 0.5) is 5.69 Å². The van der Waals surface area contributed by atoms with E-state index in [0.29, 0.717) is 24.3 Å². The van der Waals surface area contributed by atoms with Crippen LogP contribution in [0, 0.1) is 13.8 Å². The topological polar surface area (TPSA) is 93.4 Å². The molecule has 0 saturated heterocycles. The molecule has 2 amide bonds. The Morgan fingerprint density at radius 2 is 1.77 bits per heavy atom. The molecular formula is C20H25N3O3. The molecule has 0 aromatic heterocycles. The van der Waals surface area contributed by atoms with Crippen molar-refractivity contribution in [3.8, 4) is 5.75 Å². The molecule has 2 aromatic carbocycles. The summed E-state index contributed by atoms with van der Waals surface area (Å²) < 4.78 is 5.65. The molecule has 0 radical (unpaired) electrons. The Kier molecular flexibility index (Phi) is 7.17. The molecule has 0 spiro atoms. The van der Waals surface area contributed by atoms with Crippen LogP contribution in [-0.4, -0.2) is 31.5 Å². The number of aryl methyl sites for hydroxylation is 2. The molecule has 0 bridgehead atoms. The molecular weight excluding hydrogens is 330 g/mol. The van der Waals surface area contributed by atoms with Crippen molar-refractivity contribution >= 4 is 17.5 Å². The van der Waals surface area contributed by atoms with E-state index in [-0.39, 0.29) is 24.8 Å². The molecule has 4 N–H and O–H groups in total. The predicted molar refractivity (Wildman–Crippen MR) is 102 cm³/mol. The second-order valence-electron chi connectivity index (χ2n) is 6.06. The second-order valence-corrected chi connectivity index (χ2v) is 6.06. The molecule has 0 aliphatic rings. The third-order valence-corrected chi connectivity index (χ3v) is 3.67. The van der Waals surface area contributed by atoms with Crippen molar-refractivity contribution in [3.05, 3.63) is 59.2 Å². The van der Waals surface area contributed by atoms with Crippen LogP contribution in [0.1, 0.15) is 27.9 Å². The van der Waals surface area contributed by atoms with E-state index in [0.717, 1.165) is 16.9 Å². The number of para-hydroxylation sites is 1. The van der Waals surface area contributed by atoms with Gasteiger partial charge in [-0.25, -0.2) is 0 Å². The van der Waals surface area contributed by atoms with E-state index in [9.17, 15) is 9.59 Å². The van der Waals surface area contributed by atoms with Gasteiger partial charge in [0.25, 0.3) is 5.91 Å². The van der Waals surface area contributed by atoms with Crippen molar-refractivity contribution in [1.29, 1.82) is 0 Å². The number of nitrogens with one attached hydrogen (secondary N) is 2. The molecule has 0 fully saturated rings. The van der Waals surface area contributed by atoms with Crippen molar-refractivity contribution in [3.63, 3.8) is 0 Å². The molecule has 0 aliphatic carbocycles. The number of rotatable bonds is 8. The Hall–Kier alpha value is -2.86. The SMILES string of the molecule is Cc1cc(C)cc(OCCC(=O)Nc2ccccc2C(=O)NCCN)c1. The predicted octanol–water partition coefficient (Wildman–Crippen LogP) is 2.40. The van der Waals surface area contributed by atoms with Gasteiger partial charge >= 0.3 is 0 Å². The first-order chi connectivity index (χ1) is 12.5. The van der Waals surface area contributed by atoms with Gasteiger partial charge in [0.05, 0.1) is 24.3 Å². The van der Waals surface area contributed by atoms with Crippen molar-refractivity contribution in [2.45, 2.75) is 20.3 Å². The summed E-state index contributed by atoms with van der Waals surface area (Å²) in [4.78, 5) is 24.3. The van der Waals surface area contributed by atoms with Crippen LogP contribution in [0.3, 0.4) is 0 Å². The van der Waals surface area contributed by atoms with Crippen LogP contribution in [-0.2, 0) is 4.79 Å². The normalized spacial score (nSPS) is 10.3. The molecule has 6 nitrogen and oxygen atoms in total. The lowest BCUT2D eigenvalue weighted by Gasteiger charge is -2.12. The van der Waals surface area contributed by atoms with E-state index in [1.807, 2.05) is 26.0 Å². The van der Waals surface area contributed by atoms with Crippen LogP contribution >= 0.6 is 0 Å². The maximum Gasteiger partial charge on any atom is 0.253 e. The quantitative estimate of drug-likeness (QED) is 0.678. The van der Waals surface area contributed by atoms with Crippen LogP contribution in [0.2, 0.25) is 0 Å². The highest BCUT2D eigenvalue weighted by atomic mass is 16.5. The Bertz CT molecular complexity index is 754. The molecule has 2 rings (SSSR count). The summed E-state index contributed by atoms with van der Waals surface area (Å²) in [6.45, 7) is 5.00. The molecule has 2 aromatic rings. The molecule has 0 unspecified atom stereocenters. The van der Waals surface area contributed by atoms with Crippen LogP contribution in [0.15, 0.2) is 42.5 Å². The summed E-state index contributed by atoms with van der Waals surface area (Å²) >= 11 is 0. The maximum atomic E-state index is 12.2. The molecule has 0 saturated carbocycles. The number of carbonyl (C=O) groups excluding carboxylic acids is 2. The molecule has 138 valence electrons. The number of amides is 2. The number of hydrogen-bond acceptors (Lipinski definition) is 4. The van der Waals surface area contributed by atoms with Crippen molar-refractivity contribution in [1.82, 2.24) is 5.32 Å². The van der Waals surface area contributed by atoms with Gasteiger partial charge in [-0.2, -0.15) is 0 Å². The highest BCUT2D eigenvalue weighted by Gasteiger charge is 2.12. The maximum absolute atomic E-state index is 12.2. The summed E-state index contributed by atoms with van der Waals surface area (Å²) in [6, 6.07) is 12.8. The first-order valence-electron chi connectivity index (χ1n) is 8.58. The lowest BCUT2D eigenvalue weighted by molar-refractivity contribution is -0.116. The number of benzene rings is 2. The Morgan fingerprint density at radius 3 is 2.46 bits per heavy atom. The third kappa shape index (κ3) is 5.89. The highest BCUT2D eigenvalue weighted by Crippen LogP contribution is 2.17. The van der Waals surface area contributed by atoms with Gasteiger partial charge in [0.1, 0.15) is 5.75 Å². The summed E-state index contributed by atoms with van der Waals surface area (Å²) in [5, 5.41) is 5.46. The van der Waals surface area contributed by atoms with E-state index in [1.165, 1.54) is 0 Å². The average Bonchev–Trinajstić information content (AvgIpc) is 2.59. The smallest absolute Gasteiger partial charge is 0.253 e. The van der Waals surface area contributed by atoms with Crippen molar-refractivity contribution in [2.24, 2.45) is 5.73 Å². The zero-order chi connectivity index (χ0) is 18.9. The summed E-state index contributed by atoms with van der Waals surface area (Å²) in [7, 11) is 0. The van der Waals surface area contributed by atoms with Crippen molar-refractivity contribution in [2.75, 3.05) is 25.0 Å². The van der Waals surface area contributed by atoms with Gasteiger partial charge in [0, 0.05) is 13.1 Å². The molecule has 26 heavy (non-hydrogen) atoms. The van der Waals surface area contributed by atoms with Gasteiger partial charge in [-0.3, -0.25) is 9.59 Å². The summed E-state index contributed by atoms with van der Waals surface area (Å²) in [5.41, 5.74) is 8.50. The zero-order valence-electron chi connectivity index (χ0n) is 15.2. The van der Waals surface area contributed by atoms with Gasteiger partial charge < -0.3 is 21.1 Å². The second kappa shape index (κ2) is 9.58. The number of ether oxygens (including phenoxy) is 1. The van der Waals surface area contributed by atoms with E-state index in [1.54, 1.807) is 24.3 Å². The summed E-state index contributed by atoms with van der Waals surface area (Å²) in [5.74, 6) is 0.267. The van der Waals surface area contributed by atoms with Crippen LogP contribution in [0.5, 0.6) is 5.75 Å². The van der Waals surface area contributed by atoms with Crippen molar-refractivity contribution < 1.29 is 14.3 Å². The van der Waals surface area contributed by atoms with Crippen LogP contribution in [0.25, 0.3) is 0 Å². The number of anilines is 1. The zero-order valence-corrected chi connectivity index (χ0v) is 15.2. The van der Waals surface area contributed by atoms with Crippen LogP contribution < -0.4 is 21.1 Å². The Balaban J connectivity index is 1.90. The van der Waals surface area contributed by atoms with E-state index < -0.39 is 0 Å². The Labute approximate surface area is 153 Å². The van der Waals surface area contributed by atoms with Gasteiger partial charge in [-0.05, 0) is 49.2 Å². The first-order valence-corrected chi connectivity index (χ1v) is 8.58.